The number of hydrogen-bond donors (Lipinski definition) is 3. The summed E-state index contributed by atoms with van der Waals surface area (Å²) in [6.45, 7) is 1.36. The maximum atomic E-state index is 12.4. The fourth-order valence-corrected chi connectivity index (χ4v) is 3.40. The predicted octanol–water partition coefficient (Wildman–Crippen LogP) is 1.76. The van der Waals surface area contributed by atoms with Crippen molar-refractivity contribution >= 4 is 34.0 Å². The Labute approximate surface area is 165 Å². The van der Waals surface area contributed by atoms with Crippen LogP contribution in [0.25, 0.3) is 0 Å². The molecule has 10 heteroatoms. The van der Waals surface area contributed by atoms with Gasteiger partial charge in [-0.1, -0.05) is 15.9 Å². The molecule has 148 valence electrons. The van der Waals surface area contributed by atoms with E-state index in [1.54, 1.807) is 18.2 Å². The highest BCUT2D eigenvalue weighted by Crippen LogP contribution is 2.32. The largest absolute Gasteiger partial charge is 0.465 e. The van der Waals surface area contributed by atoms with Gasteiger partial charge in [-0.15, -0.1) is 0 Å². The van der Waals surface area contributed by atoms with Gasteiger partial charge in [-0.05, 0) is 37.9 Å². The Kier molecular flexibility index (Phi) is 7.03. The van der Waals surface area contributed by atoms with Crippen molar-refractivity contribution in [2.75, 3.05) is 46.8 Å². The maximum absolute atomic E-state index is 12.4. The number of nitrogens with zero attached hydrogens (tertiary/aromatic N) is 3. The number of nitrogens with one attached hydrogen (secondary N) is 1. The van der Waals surface area contributed by atoms with Crippen LogP contribution in [0.4, 0.5) is 9.59 Å². The van der Waals surface area contributed by atoms with Crippen LogP contribution in [0.5, 0.6) is 0 Å². The first-order valence-electron chi connectivity index (χ1n) is 8.40. The van der Waals surface area contributed by atoms with E-state index in [4.69, 9.17) is 0 Å². The van der Waals surface area contributed by atoms with Gasteiger partial charge in [0.15, 0.2) is 0 Å². The minimum absolute atomic E-state index is 0.00589. The van der Waals surface area contributed by atoms with Crippen molar-refractivity contribution in [2.24, 2.45) is 0 Å². The van der Waals surface area contributed by atoms with E-state index in [-0.39, 0.29) is 25.5 Å². The Morgan fingerprint density at radius 1 is 1.22 bits per heavy atom. The Morgan fingerprint density at radius 3 is 2.52 bits per heavy atom. The van der Waals surface area contributed by atoms with Gasteiger partial charge in [-0.3, -0.25) is 9.69 Å². The van der Waals surface area contributed by atoms with Crippen molar-refractivity contribution in [1.29, 1.82) is 0 Å². The van der Waals surface area contributed by atoms with Crippen molar-refractivity contribution in [2.45, 2.75) is 6.04 Å². The third-order valence-corrected chi connectivity index (χ3v) is 5.08. The zero-order valence-electron chi connectivity index (χ0n) is 15.2. The van der Waals surface area contributed by atoms with Crippen LogP contribution in [0.2, 0.25) is 0 Å². The molecule has 3 N–H and O–H groups in total. The summed E-state index contributed by atoms with van der Waals surface area (Å²) in [5.41, 5.74) is 0.952. The quantitative estimate of drug-likeness (QED) is 0.639. The molecule has 1 aromatic carbocycles. The number of carbonyl (C=O) groups excluding carboxylic acids is 1. The zero-order chi connectivity index (χ0) is 20.1. The van der Waals surface area contributed by atoms with Gasteiger partial charge in [0.05, 0.1) is 6.04 Å². The Balaban J connectivity index is 2.27. The van der Waals surface area contributed by atoms with Crippen LogP contribution >= 0.6 is 15.9 Å². The number of halogens is 1. The van der Waals surface area contributed by atoms with E-state index in [2.05, 4.69) is 21.2 Å². The minimum atomic E-state index is -1.13. The molecule has 1 aliphatic heterocycles. The molecule has 3 amide bonds. The van der Waals surface area contributed by atoms with E-state index < -0.39 is 18.2 Å². The smallest absolute Gasteiger partial charge is 0.407 e. The summed E-state index contributed by atoms with van der Waals surface area (Å²) < 4.78 is 0.621. The SMILES string of the molecule is CN(C)CCNC(=O)c1ccc(Br)c(C2CN(C(=O)O)CCN2C(=O)O)c1. The molecule has 1 heterocycles. The topological polar surface area (TPSA) is 113 Å². The molecule has 1 fully saturated rings. The van der Waals surface area contributed by atoms with Gasteiger partial charge in [0, 0.05) is 42.8 Å². The molecule has 1 atom stereocenters. The van der Waals surface area contributed by atoms with E-state index in [0.717, 1.165) is 0 Å². The lowest BCUT2D eigenvalue weighted by atomic mass is 10.00. The highest BCUT2D eigenvalue weighted by molar-refractivity contribution is 9.10. The summed E-state index contributed by atoms with van der Waals surface area (Å²) in [4.78, 5) is 39.6. The third kappa shape index (κ3) is 5.33. The molecule has 1 aromatic rings. The molecule has 2 rings (SSSR count). The molecule has 0 spiro atoms. The van der Waals surface area contributed by atoms with E-state index >= 15 is 0 Å². The number of carboxylic acid groups (broad SMARTS) is 2. The second-order valence-corrected chi connectivity index (χ2v) is 7.37. The second-order valence-electron chi connectivity index (χ2n) is 6.52. The summed E-state index contributed by atoms with van der Waals surface area (Å²) in [5, 5.41) is 21.6. The van der Waals surface area contributed by atoms with Crippen LogP contribution in [0.15, 0.2) is 22.7 Å². The van der Waals surface area contributed by atoms with Crippen LogP contribution in [0, 0.1) is 0 Å². The lowest BCUT2D eigenvalue weighted by molar-refractivity contribution is 0.0633. The molecule has 27 heavy (non-hydrogen) atoms. The van der Waals surface area contributed by atoms with Crippen LogP contribution in [0.1, 0.15) is 22.0 Å². The van der Waals surface area contributed by atoms with E-state index in [1.165, 1.54) is 9.80 Å². The molecule has 1 unspecified atom stereocenters. The molecule has 9 nitrogen and oxygen atoms in total. The van der Waals surface area contributed by atoms with Crippen molar-refractivity contribution < 1.29 is 24.6 Å². The molecule has 1 saturated heterocycles. The van der Waals surface area contributed by atoms with Crippen LogP contribution in [-0.2, 0) is 0 Å². The molecular weight excluding hydrogens is 420 g/mol. The number of likely N-dealkylation sites (N-methyl/N-ethyl adjacent to an activating group) is 1. The number of benzene rings is 1. The number of amides is 3. The van der Waals surface area contributed by atoms with Gasteiger partial charge in [-0.25, -0.2) is 9.59 Å². The Morgan fingerprint density at radius 2 is 1.93 bits per heavy atom. The van der Waals surface area contributed by atoms with Crippen LogP contribution in [0.3, 0.4) is 0 Å². The fraction of sp³-hybridized carbons (Fsp3) is 0.471. The number of hydrogen-bond acceptors (Lipinski definition) is 4. The van der Waals surface area contributed by atoms with E-state index in [1.807, 2.05) is 19.0 Å². The van der Waals surface area contributed by atoms with E-state index in [9.17, 15) is 24.6 Å². The molecule has 0 saturated carbocycles. The van der Waals surface area contributed by atoms with Crippen molar-refractivity contribution in [3.63, 3.8) is 0 Å². The van der Waals surface area contributed by atoms with E-state index in [0.29, 0.717) is 28.7 Å². The normalized spacial score (nSPS) is 17.1. The van der Waals surface area contributed by atoms with Gasteiger partial charge >= 0.3 is 12.2 Å². The predicted molar refractivity (Wildman–Crippen MR) is 102 cm³/mol. The van der Waals surface area contributed by atoms with Crippen LogP contribution in [-0.4, -0.2) is 89.8 Å². The first-order chi connectivity index (χ1) is 12.7. The average Bonchev–Trinajstić information content (AvgIpc) is 2.61. The molecule has 0 bridgehead atoms. The molecular formula is C17H23BrN4O5. The Bertz CT molecular complexity index is 727. The lowest BCUT2D eigenvalue weighted by Crippen LogP contribution is -2.51. The first kappa shape index (κ1) is 21.0. The second kappa shape index (κ2) is 9.05. The minimum Gasteiger partial charge on any atom is -0.465 e. The van der Waals surface area contributed by atoms with Crippen molar-refractivity contribution in [3.05, 3.63) is 33.8 Å². The van der Waals surface area contributed by atoms with Gasteiger partial charge in [0.1, 0.15) is 0 Å². The summed E-state index contributed by atoms with van der Waals surface area (Å²) in [6.07, 6.45) is -2.23. The van der Waals surface area contributed by atoms with Gasteiger partial charge in [0.25, 0.3) is 5.91 Å². The summed E-state index contributed by atoms with van der Waals surface area (Å²) in [5.74, 6) is -0.265. The van der Waals surface area contributed by atoms with Crippen molar-refractivity contribution in [3.8, 4) is 0 Å². The summed E-state index contributed by atoms with van der Waals surface area (Å²) in [7, 11) is 3.81. The number of carbonyl (C=O) groups is 3. The van der Waals surface area contributed by atoms with Crippen LogP contribution < -0.4 is 5.32 Å². The third-order valence-electron chi connectivity index (χ3n) is 4.36. The number of rotatable bonds is 5. The molecule has 0 radical (unpaired) electrons. The van der Waals surface area contributed by atoms with Gasteiger partial charge in [0.2, 0.25) is 0 Å². The molecule has 0 aromatic heterocycles. The van der Waals surface area contributed by atoms with Gasteiger partial charge in [-0.2, -0.15) is 0 Å². The summed E-state index contributed by atoms with van der Waals surface area (Å²) in [6, 6.07) is 4.23. The maximum Gasteiger partial charge on any atom is 0.407 e. The zero-order valence-corrected chi connectivity index (χ0v) is 16.8. The highest BCUT2D eigenvalue weighted by atomic mass is 79.9. The first-order valence-corrected chi connectivity index (χ1v) is 9.19. The molecule has 1 aliphatic rings. The number of piperazine rings is 1. The standard InChI is InChI=1S/C17H23BrN4O5/c1-20(2)6-5-19-15(23)11-3-4-13(18)12(9-11)14-10-21(16(24)25)7-8-22(14)17(26)27/h3-4,9,14H,5-8,10H2,1-2H3,(H,19,23)(H,24,25)(H,26,27). The lowest BCUT2D eigenvalue weighted by Gasteiger charge is -2.39. The Hall–Kier alpha value is -2.33. The highest BCUT2D eigenvalue weighted by Gasteiger charge is 2.34. The molecule has 0 aliphatic carbocycles. The average molecular weight is 443 g/mol. The summed E-state index contributed by atoms with van der Waals surface area (Å²) >= 11 is 3.40. The monoisotopic (exact) mass is 442 g/mol. The fourth-order valence-electron chi connectivity index (χ4n) is 2.89. The van der Waals surface area contributed by atoms with Gasteiger partial charge < -0.3 is 25.3 Å². The van der Waals surface area contributed by atoms with Crippen molar-refractivity contribution in [1.82, 2.24) is 20.0 Å².